The molecule has 0 fully saturated rings. The lowest BCUT2D eigenvalue weighted by atomic mass is 10.1. The molecule has 198 valence electrons. The summed E-state index contributed by atoms with van der Waals surface area (Å²) in [6.45, 7) is 8.14. The van der Waals surface area contributed by atoms with Gasteiger partial charge in [0.1, 0.15) is 18.1 Å². The number of hydrogen-bond acceptors (Lipinski definition) is 4. The fourth-order valence-electron chi connectivity index (χ4n) is 3.93. The fraction of sp³-hybridized carbons (Fsp3) is 0.424. The number of esters is 1. The molecule has 0 aliphatic heterocycles. The van der Waals surface area contributed by atoms with E-state index in [0.717, 1.165) is 47.6 Å². The third-order valence-electron chi connectivity index (χ3n) is 6.33. The van der Waals surface area contributed by atoms with Crippen LogP contribution in [-0.4, -0.2) is 19.2 Å². The molecule has 0 spiro atoms. The van der Waals surface area contributed by atoms with Crippen molar-refractivity contribution in [2.75, 3.05) is 13.2 Å². The van der Waals surface area contributed by atoms with Crippen LogP contribution in [-0.2, 0) is 11.3 Å². The Balaban J connectivity index is 1.41. The summed E-state index contributed by atoms with van der Waals surface area (Å²) in [4.78, 5) is 12.1. The molecule has 0 aliphatic rings. The normalized spacial score (nSPS) is 10.9. The average molecular weight is 503 g/mol. The first-order valence-corrected chi connectivity index (χ1v) is 13.8. The van der Waals surface area contributed by atoms with Crippen molar-refractivity contribution >= 4 is 5.97 Å². The van der Waals surface area contributed by atoms with Crippen molar-refractivity contribution in [2.24, 2.45) is 5.92 Å². The van der Waals surface area contributed by atoms with Crippen molar-refractivity contribution in [2.45, 2.75) is 72.3 Å². The molecular weight excluding hydrogens is 460 g/mol. The van der Waals surface area contributed by atoms with Gasteiger partial charge in [-0.3, -0.25) is 0 Å². The second-order valence-electron chi connectivity index (χ2n) is 9.97. The molecule has 0 aromatic heterocycles. The molecule has 3 aromatic rings. The zero-order chi connectivity index (χ0) is 26.3. The average Bonchev–Trinajstić information content (AvgIpc) is 2.92. The third kappa shape index (κ3) is 10.3. The Bertz CT molecular complexity index is 1040. The van der Waals surface area contributed by atoms with Gasteiger partial charge in [0, 0.05) is 0 Å². The largest absolute Gasteiger partial charge is 0.494 e. The topological polar surface area (TPSA) is 44.8 Å². The van der Waals surface area contributed by atoms with Gasteiger partial charge in [-0.05, 0) is 71.8 Å². The van der Waals surface area contributed by atoms with Crippen molar-refractivity contribution in [1.82, 2.24) is 0 Å². The van der Waals surface area contributed by atoms with Crippen LogP contribution >= 0.6 is 0 Å². The molecule has 4 heteroatoms. The van der Waals surface area contributed by atoms with Crippen LogP contribution < -0.4 is 9.47 Å². The van der Waals surface area contributed by atoms with Crippen LogP contribution in [0.1, 0.15) is 81.6 Å². The van der Waals surface area contributed by atoms with Gasteiger partial charge in [-0.15, -0.1) is 0 Å². The first-order valence-electron chi connectivity index (χ1n) is 13.8. The van der Waals surface area contributed by atoms with Gasteiger partial charge in [-0.25, -0.2) is 4.79 Å². The molecule has 3 aromatic carbocycles. The van der Waals surface area contributed by atoms with Crippen LogP contribution in [0.4, 0.5) is 0 Å². The number of rotatable bonds is 16. The minimum Gasteiger partial charge on any atom is -0.494 e. The lowest BCUT2D eigenvalue weighted by Gasteiger charge is -2.10. The van der Waals surface area contributed by atoms with Gasteiger partial charge in [0.25, 0.3) is 0 Å². The molecule has 0 unspecified atom stereocenters. The standard InChI is InChI=1S/C33H42O4/c1-4-5-6-7-8-9-23-35-31-18-14-28(15-19-31)29-16-20-32(21-17-29)37-25-27-10-12-30(13-11-27)33(34)36-24-22-26(2)3/h10-21,26H,4-9,22-25H2,1-3H3. The first kappa shape index (κ1) is 28.3. The van der Waals surface area contributed by atoms with E-state index < -0.39 is 0 Å². The number of ether oxygens (including phenoxy) is 3. The summed E-state index contributed by atoms with van der Waals surface area (Å²) < 4.78 is 17.2. The predicted molar refractivity (Wildman–Crippen MR) is 151 cm³/mol. The Kier molecular flexibility index (Phi) is 12.1. The molecule has 4 nitrogen and oxygen atoms in total. The minimum absolute atomic E-state index is 0.277. The van der Waals surface area contributed by atoms with E-state index >= 15 is 0 Å². The highest BCUT2D eigenvalue weighted by molar-refractivity contribution is 5.89. The highest BCUT2D eigenvalue weighted by Crippen LogP contribution is 2.25. The van der Waals surface area contributed by atoms with Crippen LogP contribution in [0, 0.1) is 5.92 Å². The Hall–Kier alpha value is -3.27. The Morgan fingerprint density at radius 1 is 0.676 bits per heavy atom. The Morgan fingerprint density at radius 3 is 1.84 bits per heavy atom. The van der Waals surface area contributed by atoms with Crippen LogP contribution in [0.3, 0.4) is 0 Å². The van der Waals surface area contributed by atoms with Crippen LogP contribution in [0.15, 0.2) is 72.8 Å². The summed E-state index contributed by atoms with van der Waals surface area (Å²) in [6, 6.07) is 23.8. The number of benzene rings is 3. The van der Waals surface area contributed by atoms with Crippen molar-refractivity contribution < 1.29 is 19.0 Å². The van der Waals surface area contributed by atoms with E-state index in [4.69, 9.17) is 14.2 Å². The molecule has 37 heavy (non-hydrogen) atoms. The van der Waals surface area contributed by atoms with E-state index in [1.165, 1.54) is 32.1 Å². The van der Waals surface area contributed by atoms with E-state index in [9.17, 15) is 4.79 Å². The van der Waals surface area contributed by atoms with Gasteiger partial charge in [-0.1, -0.05) is 89.3 Å². The molecule has 0 radical (unpaired) electrons. The zero-order valence-electron chi connectivity index (χ0n) is 22.7. The van der Waals surface area contributed by atoms with Crippen molar-refractivity contribution in [3.8, 4) is 22.6 Å². The van der Waals surface area contributed by atoms with Crippen LogP contribution in [0.5, 0.6) is 11.5 Å². The molecule has 0 bridgehead atoms. The van der Waals surface area contributed by atoms with Gasteiger partial charge in [-0.2, -0.15) is 0 Å². The number of carbonyl (C=O) groups excluding carboxylic acids is 1. The van der Waals surface area contributed by atoms with Crippen LogP contribution in [0.2, 0.25) is 0 Å². The summed E-state index contributed by atoms with van der Waals surface area (Å²) in [5, 5.41) is 0. The molecule has 0 N–H and O–H groups in total. The van der Waals surface area contributed by atoms with Crippen molar-refractivity contribution in [3.05, 3.63) is 83.9 Å². The number of unbranched alkanes of at least 4 members (excludes halogenated alkanes) is 5. The third-order valence-corrected chi connectivity index (χ3v) is 6.33. The Labute approximate surface area is 223 Å². The quantitative estimate of drug-likeness (QED) is 0.145. The molecule has 0 aliphatic carbocycles. The number of carbonyl (C=O) groups is 1. The number of hydrogen-bond donors (Lipinski definition) is 0. The smallest absolute Gasteiger partial charge is 0.338 e. The maximum atomic E-state index is 12.1. The van der Waals surface area contributed by atoms with E-state index in [2.05, 4.69) is 45.0 Å². The highest BCUT2D eigenvalue weighted by Gasteiger charge is 2.08. The van der Waals surface area contributed by atoms with E-state index in [0.29, 0.717) is 24.7 Å². The molecule has 0 saturated heterocycles. The summed E-state index contributed by atoms with van der Waals surface area (Å²) in [5.41, 5.74) is 3.85. The summed E-state index contributed by atoms with van der Waals surface area (Å²) in [5.74, 6) is 1.97. The van der Waals surface area contributed by atoms with E-state index in [1.54, 1.807) is 12.1 Å². The molecule has 3 rings (SSSR count). The first-order chi connectivity index (χ1) is 18.0. The minimum atomic E-state index is -0.277. The van der Waals surface area contributed by atoms with E-state index in [-0.39, 0.29) is 5.97 Å². The van der Waals surface area contributed by atoms with Crippen LogP contribution in [0.25, 0.3) is 11.1 Å². The van der Waals surface area contributed by atoms with Gasteiger partial charge in [0.2, 0.25) is 0 Å². The van der Waals surface area contributed by atoms with Gasteiger partial charge >= 0.3 is 5.97 Å². The monoisotopic (exact) mass is 502 g/mol. The molecule has 0 atom stereocenters. The SMILES string of the molecule is CCCCCCCCOc1ccc(-c2ccc(OCc3ccc(C(=O)OCCC(C)C)cc3)cc2)cc1. The van der Waals surface area contributed by atoms with Gasteiger partial charge in [0.15, 0.2) is 0 Å². The molecule has 0 heterocycles. The summed E-state index contributed by atoms with van der Waals surface area (Å²) in [7, 11) is 0. The zero-order valence-corrected chi connectivity index (χ0v) is 22.7. The van der Waals surface area contributed by atoms with E-state index in [1.807, 2.05) is 36.4 Å². The van der Waals surface area contributed by atoms with Gasteiger partial charge in [0.05, 0.1) is 18.8 Å². The maximum absolute atomic E-state index is 12.1. The second-order valence-corrected chi connectivity index (χ2v) is 9.97. The van der Waals surface area contributed by atoms with Crippen molar-refractivity contribution in [3.63, 3.8) is 0 Å². The lowest BCUT2D eigenvalue weighted by molar-refractivity contribution is 0.0488. The van der Waals surface area contributed by atoms with Gasteiger partial charge < -0.3 is 14.2 Å². The fourth-order valence-corrected chi connectivity index (χ4v) is 3.93. The second kappa shape index (κ2) is 15.8. The summed E-state index contributed by atoms with van der Waals surface area (Å²) in [6.07, 6.45) is 8.48. The Morgan fingerprint density at radius 2 is 1.24 bits per heavy atom. The lowest BCUT2D eigenvalue weighted by Crippen LogP contribution is -2.08. The molecular formula is C33H42O4. The predicted octanol–water partition coefficient (Wildman–Crippen LogP) is 8.87. The molecule has 0 saturated carbocycles. The highest BCUT2D eigenvalue weighted by atomic mass is 16.5. The molecule has 0 amide bonds. The summed E-state index contributed by atoms with van der Waals surface area (Å²) >= 11 is 0. The van der Waals surface area contributed by atoms with Crippen molar-refractivity contribution in [1.29, 1.82) is 0 Å². The maximum Gasteiger partial charge on any atom is 0.338 e.